The Bertz CT molecular complexity index is 1230. The predicted molar refractivity (Wildman–Crippen MR) is 160 cm³/mol. The Hall–Kier alpha value is -3.60. The second kappa shape index (κ2) is 13.6. The molecule has 1 saturated heterocycles. The summed E-state index contributed by atoms with van der Waals surface area (Å²) in [4.78, 5) is 28.6. The minimum absolute atomic E-state index is 0.0146. The quantitative estimate of drug-likeness (QED) is 0.261. The van der Waals surface area contributed by atoms with Crippen LogP contribution in [-0.2, 0) is 22.4 Å². The first kappa shape index (κ1) is 27.9. The molecule has 1 atom stereocenters. The van der Waals surface area contributed by atoms with Gasteiger partial charge in [-0.15, -0.1) is 0 Å². The molecule has 1 N–H and O–H groups in total. The van der Waals surface area contributed by atoms with Crippen LogP contribution in [0.3, 0.4) is 0 Å². The third-order valence-corrected chi connectivity index (χ3v) is 8.38. The van der Waals surface area contributed by atoms with Gasteiger partial charge < -0.3 is 15.0 Å². The molecule has 3 aromatic rings. The highest BCUT2D eigenvalue weighted by molar-refractivity contribution is 5.86. The largest absolute Gasteiger partial charge is 0.449 e. The summed E-state index contributed by atoms with van der Waals surface area (Å²) >= 11 is 0. The van der Waals surface area contributed by atoms with E-state index < -0.39 is 12.1 Å². The SMILES string of the molecule is CCCCCCc1ccc(CC(NC(=O)OCC2c3ccccc3-c3ccccc32)C(=O)N2CCCCC2)cc1. The number of unbranched alkanes of at least 4 members (excludes halogenated alkanes) is 3. The van der Waals surface area contributed by atoms with Crippen LogP contribution in [0, 0.1) is 0 Å². The van der Waals surface area contributed by atoms with Gasteiger partial charge in [0.2, 0.25) is 5.91 Å². The number of amides is 2. The van der Waals surface area contributed by atoms with E-state index in [4.69, 9.17) is 4.74 Å². The van der Waals surface area contributed by atoms with Crippen molar-refractivity contribution in [2.75, 3.05) is 19.7 Å². The topological polar surface area (TPSA) is 58.6 Å². The normalized spacial score (nSPS) is 15.3. The van der Waals surface area contributed by atoms with E-state index in [2.05, 4.69) is 60.8 Å². The standard InChI is InChI=1S/C35H42N2O3/c1-2-3-4-6-13-26-18-20-27(21-19-26)24-33(34(38)37-22-11-5-12-23-37)36-35(39)40-25-32-30-16-9-7-14-28(30)29-15-8-10-17-31(29)32/h7-10,14-21,32-33H,2-6,11-13,22-25H2,1H3,(H,36,39). The molecule has 5 nitrogen and oxygen atoms in total. The molecule has 0 aromatic heterocycles. The number of hydrogen-bond acceptors (Lipinski definition) is 3. The van der Waals surface area contributed by atoms with Crippen molar-refractivity contribution in [2.24, 2.45) is 0 Å². The van der Waals surface area contributed by atoms with Crippen LogP contribution >= 0.6 is 0 Å². The molecular weight excluding hydrogens is 496 g/mol. The summed E-state index contributed by atoms with van der Waals surface area (Å²) in [5.74, 6) is -0.0314. The minimum Gasteiger partial charge on any atom is -0.449 e. The Morgan fingerprint density at radius 2 is 1.45 bits per heavy atom. The van der Waals surface area contributed by atoms with E-state index in [0.29, 0.717) is 6.42 Å². The first-order chi connectivity index (χ1) is 19.6. The molecule has 0 saturated carbocycles. The van der Waals surface area contributed by atoms with Crippen molar-refractivity contribution in [2.45, 2.75) is 76.7 Å². The van der Waals surface area contributed by atoms with Crippen LogP contribution in [0.1, 0.15) is 80.0 Å². The van der Waals surface area contributed by atoms with Crippen LogP contribution in [0.15, 0.2) is 72.8 Å². The summed E-state index contributed by atoms with van der Waals surface area (Å²) in [6, 6.07) is 24.5. The summed E-state index contributed by atoms with van der Waals surface area (Å²) in [5, 5.41) is 2.95. The molecule has 1 aliphatic carbocycles. The Labute approximate surface area is 238 Å². The van der Waals surface area contributed by atoms with E-state index in [1.165, 1.54) is 53.5 Å². The number of piperidine rings is 1. The second-order valence-electron chi connectivity index (χ2n) is 11.2. The molecule has 0 spiro atoms. The van der Waals surface area contributed by atoms with E-state index in [-0.39, 0.29) is 18.4 Å². The summed E-state index contributed by atoms with van der Waals surface area (Å²) in [5.41, 5.74) is 7.10. The number of carbonyl (C=O) groups is 2. The molecule has 5 rings (SSSR count). The van der Waals surface area contributed by atoms with Crippen molar-refractivity contribution < 1.29 is 14.3 Å². The molecule has 1 unspecified atom stereocenters. The number of nitrogens with zero attached hydrogens (tertiary/aromatic N) is 1. The molecule has 40 heavy (non-hydrogen) atoms. The molecule has 0 bridgehead atoms. The number of hydrogen-bond donors (Lipinski definition) is 1. The fraction of sp³-hybridized carbons (Fsp3) is 0.429. The van der Waals surface area contributed by atoms with Crippen molar-refractivity contribution in [1.82, 2.24) is 10.2 Å². The molecule has 1 fully saturated rings. The number of ether oxygens (including phenoxy) is 1. The van der Waals surface area contributed by atoms with Crippen molar-refractivity contribution in [3.63, 3.8) is 0 Å². The third kappa shape index (κ3) is 6.75. The maximum atomic E-state index is 13.6. The summed E-state index contributed by atoms with van der Waals surface area (Å²) in [6.45, 7) is 3.96. The summed E-state index contributed by atoms with van der Waals surface area (Å²) < 4.78 is 5.81. The van der Waals surface area contributed by atoms with Crippen LogP contribution < -0.4 is 5.32 Å². The van der Waals surface area contributed by atoms with Crippen LogP contribution in [0.25, 0.3) is 11.1 Å². The van der Waals surface area contributed by atoms with Gasteiger partial charge in [0.1, 0.15) is 12.6 Å². The summed E-state index contributed by atoms with van der Waals surface area (Å²) in [7, 11) is 0. The first-order valence-corrected chi connectivity index (χ1v) is 15.1. The molecule has 2 aliphatic rings. The van der Waals surface area contributed by atoms with Gasteiger partial charge >= 0.3 is 6.09 Å². The minimum atomic E-state index is -0.649. The van der Waals surface area contributed by atoms with Crippen molar-refractivity contribution in [3.05, 3.63) is 95.1 Å². The van der Waals surface area contributed by atoms with Crippen LogP contribution in [0.5, 0.6) is 0 Å². The molecule has 0 radical (unpaired) electrons. The number of benzene rings is 3. The smallest absolute Gasteiger partial charge is 0.407 e. The fourth-order valence-corrected chi connectivity index (χ4v) is 6.15. The molecular formula is C35H42N2O3. The Balaban J connectivity index is 1.24. The van der Waals surface area contributed by atoms with Crippen LogP contribution in [0.2, 0.25) is 0 Å². The zero-order chi connectivity index (χ0) is 27.7. The lowest BCUT2D eigenvalue weighted by atomic mass is 9.98. The number of aryl methyl sites for hydroxylation is 1. The number of likely N-dealkylation sites (tertiary alicyclic amines) is 1. The van der Waals surface area contributed by atoms with Crippen molar-refractivity contribution in [3.8, 4) is 11.1 Å². The van der Waals surface area contributed by atoms with Gasteiger partial charge in [-0.25, -0.2) is 4.79 Å². The molecule has 3 aromatic carbocycles. The monoisotopic (exact) mass is 538 g/mol. The number of carbonyl (C=O) groups excluding carboxylic acids is 2. The molecule has 5 heteroatoms. The van der Waals surface area contributed by atoms with Gasteiger partial charge in [-0.3, -0.25) is 4.79 Å². The van der Waals surface area contributed by atoms with Gasteiger partial charge in [-0.1, -0.05) is 99.0 Å². The van der Waals surface area contributed by atoms with E-state index in [1.807, 2.05) is 29.2 Å². The number of alkyl carbamates (subject to hydrolysis) is 1. The lowest BCUT2D eigenvalue weighted by molar-refractivity contribution is -0.134. The zero-order valence-electron chi connectivity index (χ0n) is 23.7. The Morgan fingerprint density at radius 3 is 2.10 bits per heavy atom. The zero-order valence-corrected chi connectivity index (χ0v) is 23.7. The van der Waals surface area contributed by atoms with Crippen LogP contribution in [-0.4, -0.2) is 42.6 Å². The Kier molecular flexibility index (Phi) is 9.54. The van der Waals surface area contributed by atoms with Crippen molar-refractivity contribution in [1.29, 1.82) is 0 Å². The average molecular weight is 539 g/mol. The highest BCUT2D eigenvalue weighted by Crippen LogP contribution is 2.44. The highest BCUT2D eigenvalue weighted by Gasteiger charge is 2.31. The maximum absolute atomic E-state index is 13.6. The molecule has 1 aliphatic heterocycles. The highest BCUT2D eigenvalue weighted by atomic mass is 16.5. The lowest BCUT2D eigenvalue weighted by Gasteiger charge is -2.30. The average Bonchev–Trinajstić information content (AvgIpc) is 3.32. The third-order valence-electron chi connectivity index (χ3n) is 8.38. The molecule has 2 amide bonds. The fourth-order valence-electron chi connectivity index (χ4n) is 6.15. The summed E-state index contributed by atoms with van der Waals surface area (Å²) in [6.07, 6.45) is 9.14. The number of fused-ring (bicyclic) bond motifs is 3. The molecule has 1 heterocycles. The Morgan fingerprint density at radius 1 is 0.825 bits per heavy atom. The van der Waals surface area contributed by atoms with E-state index in [9.17, 15) is 9.59 Å². The first-order valence-electron chi connectivity index (χ1n) is 15.1. The predicted octanol–water partition coefficient (Wildman–Crippen LogP) is 7.27. The van der Waals surface area contributed by atoms with E-state index in [0.717, 1.165) is 44.3 Å². The van der Waals surface area contributed by atoms with Gasteiger partial charge in [0.25, 0.3) is 0 Å². The van der Waals surface area contributed by atoms with Gasteiger partial charge in [-0.2, -0.15) is 0 Å². The van der Waals surface area contributed by atoms with Gasteiger partial charge in [0.05, 0.1) is 0 Å². The second-order valence-corrected chi connectivity index (χ2v) is 11.2. The number of nitrogens with one attached hydrogen (secondary N) is 1. The van der Waals surface area contributed by atoms with Crippen LogP contribution in [0.4, 0.5) is 4.79 Å². The van der Waals surface area contributed by atoms with E-state index in [1.54, 1.807) is 0 Å². The van der Waals surface area contributed by atoms with Crippen molar-refractivity contribution >= 4 is 12.0 Å². The van der Waals surface area contributed by atoms with E-state index >= 15 is 0 Å². The van der Waals surface area contributed by atoms with Gasteiger partial charge in [0, 0.05) is 25.4 Å². The maximum Gasteiger partial charge on any atom is 0.407 e. The van der Waals surface area contributed by atoms with Gasteiger partial charge in [-0.05, 0) is 65.5 Å². The molecule has 210 valence electrons. The lowest BCUT2D eigenvalue weighted by Crippen LogP contribution is -2.51. The number of rotatable bonds is 11. The van der Waals surface area contributed by atoms with Gasteiger partial charge in [0.15, 0.2) is 0 Å².